The van der Waals surface area contributed by atoms with Crippen molar-refractivity contribution in [1.29, 1.82) is 0 Å². The maximum atomic E-state index is 8.88. The average Bonchev–Trinajstić information content (AvgIpc) is 2.49. The van der Waals surface area contributed by atoms with Crippen LogP contribution in [0.2, 0.25) is 0 Å². The second-order valence-corrected chi connectivity index (χ2v) is 3.11. The standard InChI is InChI=1S/C8H16O3/c1-10-8(11-2)4-3-7(5-8)6-9/h7,9H,3-6H2,1-2H3/t7-/m0/s1. The summed E-state index contributed by atoms with van der Waals surface area (Å²) in [6.07, 6.45) is 2.71. The van der Waals surface area contributed by atoms with E-state index in [2.05, 4.69) is 0 Å². The molecular formula is C8H16O3. The van der Waals surface area contributed by atoms with Gasteiger partial charge in [-0.25, -0.2) is 0 Å². The van der Waals surface area contributed by atoms with Gasteiger partial charge in [-0.3, -0.25) is 0 Å². The van der Waals surface area contributed by atoms with Gasteiger partial charge in [-0.1, -0.05) is 0 Å². The number of methoxy groups -OCH3 is 2. The minimum atomic E-state index is -0.409. The van der Waals surface area contributed by atoms with Crippen LogP contribution in [-0.2, 0) is 9.47 Å². The molecule has 1 aliphatic carbocycles. The lowest BCUT2D eigenvalue weighted by atomic mass is 10.1. The van der Waals surface area contributed by atoms with Crippen LogP contribution < -0.4 is 0 Å². The highest BCUT2D eigenvalue weighted by Crippen LogP contribution is 2.37. The van der Waals surface area contributed by atoms with Gasteiger partial charge in [0.2, 0.25) is 0 Å². The van der Waals surface area contributed by atoms with E-state index < -0.39 is 5.79 Å². The molecule has 0 unspecified atom stereocenters. The van der Waals surface area contributed by atoms with E-state index in [-0.39, 0.29) is 6.61 Å². The van der Waals surface area contributed by atoms with Gasteiger partial charge in [-0.15, -0.1) is 0 Å². The Morgan fingerprint density at radius 2 is 2.09 bits per heavy atom. The molecule has 0 bridgehead atoms. The molecule has 66 valence electrons. The lowest BCUT2D eigenvalue weighted by molar-refractivity contribution is -0.203. The average molecular weight is 160 g/mol. The molecule has 1 N–H and O–H groups in total. The summed E-state index contributed by atoms with van der Waals surface area (Å²) in [5, 5.41) is 8.88. The normalized spacial score (nSPS) is 29.2. The molecule has 0 spiro atoms. The maximum Gasteiger partial charge on any atom is 0.167 e. The maximum absolute atomic E-state index is 8.88. The van der Waals surface area contributed by atoms with Crippen molar-refractivity contribution >= 4 is 0 Å². The minimum absolute atomic E-state index is 0.245. The fourth-order valence-electron chi connectivity index (χ4n) is 1.68. The van der Waals surface area contributed by atoms with E-state index in [0.29, 0.717) is 5.92 Å². The summed E-state index contributed by atoms with van der Waals surface area (Å²) in [7, 11) is 3.31. The second-order valence-electron chi connectivity index (χ2n) is 3.11. The van der Waals surface area contributed by atoms with Gasteiger partial charge in [-0.2, -0.15) is 0 Å². The smallest absolute Gasteiger partial charge is 0.167 e. The molecule has 0 aromatic heterocycles. The zero-order chi connectivity index (χ0) is 8.32. The van der Waals surface area contributed by atoms with Gasteiger partial charge >= 0.3 is 0 Å². The van der Waals surface area contributed by atoms with E-state index in [9.17, 15) is 0 Å². The zero-order valence-corrected chi connectivity index (χ0v) is 7.17. The molecule has 1 fully saturated rings. The quantitative estimate of drug-likeness (QED) is 0.620. The van der Waals surface area contributed by atoms with Gasteiger partial charge in [0.05, 0.1) is 0 Å². The van der Waals surface area contributed by atoms with Crippen molar-refractivity contribution in [3.05, 3.63) is 0 Å². The fourth-order valence-corrected chi connectivity index (χ4v) is 1.68. The van der Waals surface area contributed by atoms with E-state index in [4.69, 9.17) is 14.6 Å². The van der Waals surface area contributed by atoms with Crippen LogP contribution in [-0.4, -0.2) is 31.7 Å². The predicted octanol–water partition coefficient (Wildman–Crippen LogP) is 0.768. The van der Waals surface area contributed by atoms with Crippen molar-refractivity contribution in [1.82, 2.24) is 0 Å². The van der Waals surface area contributed by atoms with Crippen LogP contribution in [0, 0.1) is 5.92 Å². The first kappa shape index (κ1) is 8.97. The number of rotatable bonds is 3. The van der Waals surface area contributed by atoms with Crippen LogP contribution in [0.1, 0.15) is 19.3 Å². The first-order chi connectivity index (χ1) is 5.26. The van der Waals surface area contributed by atoms with E-state index in [0.717, 1.165) is 19.3 Å². The molecule has 0 aromatic carbocycles. The first-order valence-corrected chi connectivity index (χ1v) is 3.97. The van der Waals surface area contributed by atoms with Crippen molar-refractivity contribution in [2.45, 2.75) is 25.0 Å². The highest BCUT2D eigenvalue weighted by atomic mass is 16.7. The van der Waals surface area contributed by atoms with Crippen molar-refractivity contribution in [3.63, 3.8) is 0 Å². The SMILES string of the molecule is COC1(OC)CC[C@H](CO)C1. The van der Waals surface area contributed by atoms with Crippen molar-refractivity contribution < 1.29 is 14.6 Å². The molecule has 11 heavy (non-hydrogen) atoms. The minimum Gasteiger partial charge on any atom is -0.396 e. The molecule has 0 aromatic rings. The summed E-state index contributed by atoms with van der Waals surface area (Å²) < 4.78 is 10.5. The van der Waals surface area contributed by atoms with Gasteiger partial charge in [0.25, 0.3) is 0 Å². The molecule has 1 atom stereocenters. The summed E-state index contributed by atoms with van der Waals surface area (Å²) in [4.78, 5) is 0. The van der Waals surface area contributed by atoms with Crippen molar-refractivity contribution in [2.75, 3.05) is 20.8 Å². The molecule has 0 radical (unpaired) electrons. The van der Waals surface area contributed by atoms with Gasteiger partial charge < -0.3 is 14.6 Å². The molecule has 0 saturated heterocycles. The Kier molecular flexibility index (Phi) is 2.87. The van der Waals surface area contributed by atoms with Crippen LogP contribution in [0.25, 0.3) is 0 Å². The monoisotopic (exact) mass is 160 g/mol. The number of aliphatic hydroxyl groups is 1. The fraction of sp³-hybridized carbons (Fsp3) is 1.00. The number of hydrogen-bond donors (Lipinski definition) is 1. The largest absolute Gasteiger partial charge is 0.396 e. The molecule has 0 heterocycles. The molecule has 1 aliphatic rings. The molecule has 3 nitrogen and oxygen atoms in total. The van der Waals surface area contributed by atoms with Crippen molar-refractivity contribution in [2.24, 2.45) is 5.92 Å². The summed E-state index contributed by atoms with van der Waals surface area (Å²) in [6, 6.07) is 0. The Morgan fingerprint density at radius 3 is 2.36 bits per heavy atom. The predicted molar refractivity (Wildman–Crippen MR) is 41.2 cm³/mol. The van der Waals surface area contributed by atoms with Crippen molar-refractivity contribution in [3.8, 4) is 0 Å². The third-order valence-electron chi connectivity index (χ3n) is 2.54. The van der Waals surface area contributed by atoms with E-state index in [1.165, 1.54) is 0 Å². The van der Waals surface area contributed by atoms with Gasteiger partial charge in [-0.05, 0) is 12.3 Å². The van der Waals surface area contributed by atoms with Crippen LogP contribution in [0.5, 0.6) is 0 Å². The van der Waals surface area contributed by atoms with Gasteiger partial charge in [0.1, 0.15) is 0 Å². The molecule has 1 rings (SSSR count). The lowest BCUT2D eigenvalue weighted by Crippen LogP contribution is -2.30. The lowest BCUT2D eigenvalue weighted by Gasteiger charge is -2.25. The van der Waals surface area contributed by atoms with Crippen LogP contribution in [0.4, 0.5) is 0 Å². The number of aliphatic hydroxyl groups excluding tert-OH is 1. The summed E-state index contributed by atoms with van der Waals surface area (Å²) in [6.45, 7) is 0.245. The Hall–Kier alpha value is -0.120. The van der Waals surface area contributed by atoms with E-state index in [1.54, 1.807) is 14.2 Å². The highest BCUT2D eigenvalue weighted by molar-refractivity contribution is 4.82. The Labute approximate surface area is 67.3 Å². The van der Waals surface area contributed by atoms with E-state index in [1.807, 2.05) is 0 Å². The molecular weight excluding hydrogens is 144 g/mol. The number of ether oxygens (including phenoxy) is 2. The Bertz CT molecular complexity index is 121. The van der Waals surface area contributed by atoms with E-state index >= 15 is 0 Å². The summed E-state index contributed by atoms with van der Waals surface area (Å²) >= 11 is 0. The second kappa shape index (κ2) is 3.52. The van der Waals surface area contributed by atoms with Gasteiger partial charge in [0.15, 0.2) is 5.79 Å². The Morgan fingerprint density at radius 1 is 1.45 bits per heavy atom. The van der Waals surface area contributed by atoms with Gasteiger partial charge in [0, 0.05) is 33.7 Å². The topological polar surface area (TPSA) is 38.7 Å². The molecule has 0 aliphatic heterocycles. The third-order valence-corrected chi connectivity index (χ3v) is 2.54. The number of hydrogen-bond acceptors (Lipinski definition) is 3. The molecule has 1 saturated carbocycles. The molecule has 3 heteroatoms. The molecule has 0 amide bonds. The zero-order valence-electron chi connectivity index (χ0n) is 7.17. The highest BCUT2D eigenvalue weighted by Gasteiger charge is 2.38. The summed E-state index contributed by atoms with van der Waals surface area (Å²) in [5.74, 6) is -0.0529. The Balaban J connectivity index is 2.48. The van der Waals surface area contributed by atoms with Crippen LogP contribution in [0.3, 0.4) is 0 Å². The first-order valence-electron chi connectivity index (χ1n) is 3.97. The van der Waals surface area contributed by atoms with Crippen LogP contribution in [0.15, 0.2) is 0 Å². The third kappa shape index (κ3) is 1.72. The summed E-state index contributed by atoms with van der Waals surface area (Å²) in [5.41, 5.74) is 0. The van der Waals surface area contributed by atoms with Crippen LogP contribution >= 0.6 is 0 Å².